The first-order valence-electron chi connectivity index (χ1n) is 2.20. The number of hydrogen-bond donors (Lipinski definition) is 0. The normalized spacial score (nSPS) is 12.3. The molecule has 0 heterocycles. The molecule has 0 aromatic rings. The quantitative estimate of drug-likeness (QED) is 0.498. The van der Waals surface area contributed by atoms with E-state index in [1.165, 1.54) is 0 Å². The second kappa shape index (κ2) is 2.57. The van der Waals surface area contributed by atoms with Gasteiger partial charge in [-0.05, 0) is 12.2 Å². The van der Waals surface area contributed by atoms with Gasteiger partial charge in [0, 0.05) is 6.92 Å². The van der Waals surface area contributed by atoms with Crippen LogP contribution < -0.4 is 5.11 Å². The number of halogens is 2. The van der Waals surface area contributed by atoms with E-state index in [9.17, 15) is 18.7 Å². The van der Waals surface area contributed by atoms with Crippen LogP contribution in [0.3, 0.4) is 0 Å². The minimum Gasteiger partial charge on any atom is -0.545 e. The summed E-state index contributed by atoms with van der Waals surface area (Å²) in [5, 5.41) is 9.51. The minimum atomic E-state index is -3.07. The molecule has 0 N–H and O–H groups in total. The molecule has 0 spiro atoms. The summed E-state index contributed by atoms with van der Waals surface area (Å²) in [6.07, 6.45) is 0.572. The largest absolute Gasteiger partial charge is 0.545 e. The first-order valence-corrected chi connectivity index (χ1v) is 2.20. The fraction of sp³-hybridized carbons (Fsp3) is 0.400. The van der Waals surface area contributed by atoms with Gasteiger partial charge in [0.1, 0.15) is 0 Å². The molecule has 2 nitrogen and oxygen atoms in total. The maximum Gasteiger partial charge on any atom is 0.264 e. The summed E-state index contributed by atoms with van der Waals surface area (Å²) in [4.78, 5) is 9.51. The Labute approximate surface area is 50.8 Å². The van der Waals surface area contributed by atoms with Crippen LogP contribution in [0, 0.1) is 0 Å². The van der Waals surface area contributed by atoms with Crippen molar-refractivity contribution in [3.63, 3.8) is 0 Å². The van der Waals surface area contributed by atoms with Crippen LogP contribution in [0.2, 0.25) is 0 Å². The lowest BCUT2D eigenvalue weighted by Gasteiger charge is -2.01. The lowest BCUT2D eigenvalue weighted by atomic mass is 10.3. The van der Waals surface area contributed by atoms with Crippen LogP contribution in [0.25, 0.3) is 0 Å². The smallest absolute Gasteiger partial charge is 0.264 e. The molecule has 0 aliphatic heterocycles. The number of carbonyl (C=O) groups is 1. The lowest BCUT2D eigenvalue weighted by Crippen LogP contribution is -2.20. The highest BCUT2D eigenvalue weighted by molar-refractivity contribution is 5.77. The second-order valence-corrected chi connectivity index (χ2v) is 1.61. The maximum absolute atomic E-state index is 11.7. The molecule has 0 aromatic carbocycles. The van der Waals surface area contributed by atoms with Crippen LogP contribution in [-0.2, 0) is 4.79 Å². The molecule has 0 saturated heterocycles. The Bertz CT molecular complexity index is 134. The second-order valence-electron chi connectivity index (χ2n) is 1.61. The van der Waals surface area contributed by atoms with Gasteiger partial charge in [0.05, 0.1) is 5.97 Å². The van der Waals surface area contributed by atoms with E-state index >= 15 is 0 Å². The molecule has 0 fully saturated rings. The van der Waals surface area contributed by atoms with Gasteiger partial charge in [0.15, 0.2) is 0 Å². The van der Waals surface area contributed by atoms with Crippen molar-refractivity contribution >= 4 is 5.97 Å². The van der Waals surface area contributed by atoms with E-state index in [0.29, 0.717) is 13.0 Å². The SMILES string of the molecule is CC(F)(F)C=CC(=O)[O-]. The van der Waals surface area contributed by atoms with Gasteiger partial charge in [-0.15, -0.1) is 0 Å². The predicted molar refractivity (Wildman–Crippen MR) is 24.8 cm³/mol. The Kier molecular flexibility index (Phi) is 2.30. The van der Waals surface area contributed by atoms with Crippen molar-refractivity contribution in [1.82, 2.24) is 0 Å². The summed E-state index contributed by atoms with van der Waals surface area (Å²) < 4.78 is 23.4. The van der Waals surface area contributed by atoms with E-state index in [1.54, 1.807) is 0 Å². The summed E-state index contributed by atoms with van der Waals surface area (Å²) in [6, 6.07) is 0. The van der Waals surface area contributed by atoms with E-state index in [4.69, 9.17) is 0 Å². The molecular weight excluding hydrogens is 130 g/mol. The average molecular weight is 135 g/mol. The highest BCUT2D eigenvalue weighted by Crippen LogP contribution is 2.11. The number of allylic oxidation sites excluding steroid dienone is 1. The third-order valence-corrected chi connectivity index (χ3v) is 0.512. The maximum atomic E-state index is 11.7. The van der Waals surface area contributed by atoms with Crippen LogP contribution in [-0.4, -0.2) is 11.9 Å². The van der Waals surface area contributed by atoms with Gasteiger partial charge < -0.3 is 9.90 Å². The Morgan fingerprint density at radius 2 is 2.11 bits per heavy atom. The molecule has 0 rings (SSSR count). The summed E-state index contributed by atoms with van der Waals surface area (Å²) in [6.45, 7) is 0.590. The molecule has 0 unspecified atom stereocenters. The molecule has 0 saturated carbocycles. The van der Waals surface area contributed by atoms with Crippen molar-refractivity contribution in [3.05, 3.63) is 12.2 Å². The summed E-state index contributed by atoms with van der Waals surface area (Å²) >= 11 is 0. The predicted octanol–water partition coefficient (Wildman–Crippen LogP) is -0.0523. The average Bonchev–Trinajstić information content (AvgIpc) is 1.59. The van der Waals surface area contributed by atoms with E-state index < -0.39 is 11.9 Å². The van der Waals surface area contributed by atoms with Crippen LogP contribution in [0.15, 0.2) is 12.2 Å². The molecule has 0 aliphatic carbocycles. The van der Waals surface area contributed by atoms with Crippen LogP contribution >= 0.6 is 0 Å². The van der Waals surface area contributed by atoms with Gasteiger partial charge in [-0.2, -0.15) is 0 Å². The van der Waals surface area contributed by atoms with Crippen molar-refractivity contribution in [2.75, 3.05) is 0 Å². The van der Waals surface area contributed by atoms with E-state index in [0.717, 1.165) is 0 Å². The van der Waals surface area contributed by atoms with Crippen molar-refractivity contribution in [3.8, 4) is 0 Å². The lowest BCUT2D eigenvalue weighted by molar-refractivity contribution is -0.297. The molecule has 0 bridgehead atoms. The Morgan fingerprint density at radius 3 is 2.22 bits per heavy atom. The van der Waals surface area contributed by atoms with Gasteiger partial charge in [0.25, 0.3) is 5.92 Å². The zero-order chi connectivity index (χ0) is 7.49. The summed E-state index contributed by atoms with van der Waals surface area (Å²) in [5.41, 5.74) is 0. The topological polar surface area (TPSA) is 40.1 Å². The Hall–Kier alpha value is -0.930. The number of rotatable bonds is 2. The van der Waals surface area contributed by atoms with E-state index in [2.05, 4.69) is 0 Å². The summed E-state index contributed by atoms with van der Waals surface area (Å²) in [5.74, 6) is -4.68. The van der Waals surface area contributed by atoms with Crippen molar-refractivity contribution < 1.29 is 18.7 Å². The Balaban J connectivity index is 3.86. The van der Waals surface area contributed by atoms with Gasteiger partial charge in [-0.25, -0.2) is 8.78 Å². The van der Waals surface area contributed by atoms with Crippen molar-refractivity contribution in [2.45, 2.75) is 12.8 Å². The van der Waals surface area contributed by atoms with Gasteiger partial charge in [-0.1, -0.05) is 0 Å². The molecule has 0 aliphatic rings. The number of carboxylic acids is 1. The van der Waals surface area contributed by atoms with Crippen LogP contribution in [0.5, 0.6) is 0 Å². The van der Waals surface area contributed by atoms with Crippen molar-refractivity contribution in [2.24, 2.45) is 0 Å². The molecule has 0 atom stereocenters. The number of aliphatic carboxylic acids is 1. The first-order chi connectivity index (χ1) is 3.92. The van der Waals surface area contributed by atoms with Crippen LogP contribution in [0.4, 0.5) is 8.78 Å². The third kappa shape index (κ3) is 7.07. The number of carboxylic acid groups (broad SMARTS) is 1. The first kappa shape index (κ1) is 8.07. The molecule has 9 heavy (non-hydrogen) atoms. The molecule has 0 amide bonds. The zero-order valence-electron chi connectivity index (χ0n) is 4.73. The number of carbonyl (C=O) groups excluding carboxylic acids is 1. The molecule has 4 heteroatoms. The van der Waals surface area contributed by atoms with Crippen LogP contribution in [0.1, 0.15) is 6.92 Å². The summed E-state index contributed by atoms with van der Waals surface area (Å²) in [7, 11) is 0. The molecule has 52 valence electrons. The fourth-order valence-electron chi connectivity index (χ4n) is 0.214. The molecule has 0 radical (unpaired) electrons. The van der Waals surface area contributed by atoms with E-state index in [-0.39, 0.29) is 6.08 Å². The van der Waals surface area contributed by atoms with Gasteiger partial charge >= 0.3 is 0 Å². The Morgan fingerprint density at radius 1 is 1.67 bits per heavy atom. The van der Waals surface area contributed by atoms with Crippen molar-refractivity contribution in [1.29, 1.82) is 0 Å². The monoisotopic (exact) mass is 135 g/mol. The fourth-order valence-corrected chi connectivity index (χ4v) is 0.214. The number of hydrogen-bond acceptors (Lipinski definition) is 2. The molecular formula is C5H5F2O2-. The van der Waals surface area contributed by atoms with Gasteiger partial charge in [0.2, 0.25) is 0 Å². The minimum absolute atomic E-state index is 0.266. The highest BCUT2D eigenvalue weighted by Gasteiger charge is 2.14. The number of alkyl halides is 2. The van der Waals surface area contributed by atoms with E-state index in [1.807, 2.05) is 0 Å². The third-order valence-electron chi connectivity index (χ3n) is 0.512. The molecule has 0 aromatic heterocycles. The van der Waals surface area contributed by atoms with Gasteiger partial charge in [-0.3, -0.25) is 0 Å². The zero-order valence-corrected chi connectivity index (χ0v) is 4.73. The standard InChI is InChI=1S/C5H6F2O2/c1-5(6,7)3-2-4(8)9/h2-3H,1H3,(H,8,9)/p-1. The highest BCUT2D eigenvalue weighted by atomic mass is 19.3.